The quantitative estimate of drug-likeness (QED) is 0.682. The number of amides is 1. The van der Waals surface area contributed by atoms with Crippen LogP contribution in [0.2, 0.25) is 0 Å². The molecule has 1 aromatic heterocycles. The number of hydrogen-bond donors (Lipinski definition) is 1. The predicted molar refractivity (Wildman–Crippen MR) is 109 cm³/mol. The first-order valence-electron chi connectivity index (χ1n) is 8.79. The van der Waals surface area contributed by atoms with Gasteiger partial charge in [-0.25, -0.2) is 4.98 Å². The Morgan fingerprint density at radius 2 is 2.00 bits per heavy atom. The summed E-state index contributed by atoms with van der Waals surface area (Å²) < 4.78 is 12.5. The summed E-state index contributed by atoms with van der Waals surface area (Å²) >= 11 is 1.49. The Bertz CT molecular complexity index is 1130. The van der Waals surface area contributed by atoms with Gasteiger partial charge < -0.3 is 14.8 Å². The molecule has 0 bridgehead atoms. The van der Waals surface area contributed by atoms with Gasteiger partial charge in [0.15, 0.2) is 11.5 Å². The fourth-order valence-corrected chi connectivity index (χ4v) is 3.69. The van der Waals surface area contributed by atoms with Crippen molar-refractivity contribution >= 4 is 34.3 Å². The molecular weight excluding hydrogens is 378 g/mol. The summed E-state index contributed by atoms with van der Waals surface area (Å²) in [5.41, 5.74) is 1.96. The lowest BCUT2D eigenvalue weighted by molar-refractivity contribution is -0.116. The maximum atomic E-state index is 12.7. The molecule has 1 aliphatic heterocycles. The van der Waals surface area contributed by atoms with Gasteiger partial charge in [-0.2, -0.15) is 0 Å². The van der Waals surface area contributed by atoms with E-state index in [-0.39, 0.29) is 18.0 Å². The van der Waals surface area contributed by atoms with Gasteiger partial charge in [0.25, 0.3) is 5.56 Å². The molecule has 144 valence electrons. The summed E-state index contributed by atoms with van der Waals surface area (Å²) in [6.45, 7) is 2.75. The number of thioether (sulfide) groups is 1. The standard InChI is InChI=1S/C20H19N3O4S/c1-12-4-3-5-13-19(12)21-11-23(20(13)25)10-18(24)22-14-8-15-16(9-17(14)28-2)27-7-6-26-15/h3-5,8-9,11H,6-7,10H2,1-2H3,(H,22,24). The third kappa shape index (κ3) is 3.43. The number of hydrogen-bond acceptors (Lipinski definition) is 6. The van der Waals surface area contributed by atoms with Crippen molar-refractivity contribution in [2.75, 3.05) is 24.8 Å². The lowest BCUT2D eigenvalue weighted by atomic mass is 10.1. The van der Waals surface area contributed by atoms with Gasteiger partial charge in [-0.1, -0.05) is 12.1 Å². The number of nitrogens with one attached hydrogen (secondary N) is 1. The fraction of sp³-hybridized carbons (Fsp3) is 0.250. The van der Waals surface area contributed by atoms with Crippen molar-refractivity contribution in [3.05, 3.63) is 52.6 Å². The van der Waals surface area contributed by atoms with E-state index in [1.165, 1.54) is 22.7 Å². The third-order valence-corrected chi connectivity index (χ3v) is 5.29. The highest BCUT2D eigenvalue weighted by molar-refractivity contribution is 7.98. The molecule has 1 N–H and O–H groups in total. The number of aromatic nitrogens is 2. The second kappa shape index (κ2) is 7.55. The summed E-state index contributed by atoms with van der Waals surface area (Å²) in [7, 11) is 0. The van der Waals surface area contributed by atoms with Crippen LogP contribution in [-0.2, 0) is 11.3 Å². The van der Waals surface area contributed by atoms with Crippen molar-refractivity contribution in [2.24, 2.45) is 0 Å². The molecule has 7 nitrogen and oxygen atoms in total. The van der Waals surface area contributed by atoms with Crippen LogP contribution in [0.15, 0.2) is 46.3 Å². The Hall–Kier alpha value is -3.00. The molecule has 0 unspecified atom stereocenters. The maximum Gasteiger partial charge on any atom is 0.261 e. The Labute approximate surface area is 165 Å². The van der Waals surface area contributed by atoms with E-state index in [2.05, 4.69) is 10.3 Å². The highest BCUT2D eigenvalue weighted by Crippen LogP contribution is 2.39. The average Bonchev–Trinajstić information content (AvgIpc) is 2.70. The smallest absolute Gasteiger partial charge is 0.261 e. The van der Waals surface area contributed by atoms with Gasteiger partial charge in [0.05, 0.1) is 22.9 Å². The van der Waals surface area contributed by atoms with Crippen molar-refractivity contribution in [3.8, 4) is 11.5 Å². The summed E-state index contributed by atoms with van der Waals surface area (Å²) in [6.07, 6.45) is 3.33. The number of benzene rings is 2. The number of anilines is 1. The molecule has 8 heteroatoms. The molecular formula is C20H19N3O4S. The normalized spacial score (nSPS) is 12.8. The van der Waals surface area contributed by atoms with Crippen LogP contribution in [0.5, 0.6) is 11.5 Å². The van der Waals surface area contributed by atoms with Gasteiger partial charge in [0.2, 0.25) is 5.91 Å². The second-order valence-electron chi connectivity index (χ2n) is 6.39. The first-order valence-corrected chi connectivity index (χ1v) is 10.0. The zero-order chi connectivity index (χ0) is 19.7. The molecule has 1 aliphatic rings. The first-order chi connectivity index (χ1) is 13.6. The molecule has 0 saturated carbocycles. The molecule has 0 fully saturated rings. The summed E-state index contributed by atoms with van der Waals surface area (Å²) in [5.74, 6) is 0.946. The minimum Gasteiger partial charge on any atom is -0.486 e. The van der Waals surface area contributed by atoms with Crippen molar-refractivity contribution in [1.82, 2.24) is 9.55 Å². The van der Waals surface area contributed by atoms with Crippen LogP contribution in [0, 0.1) is 6.92 Å². The van der Waals surface area contributed by atoms with Crippen molar-refractivity contribution < 1.29 is 14.3 Å². The zero-order valence-electron chi connectivity index (χ0n) is 15.5. The number of rotatable bonds is 4. The van der Waals surface area contributed by atoms with Crippen LogP contribution >= 0.6 is 11.8 Å². The maximum absolute atomic E-state index is 12.7. The van der Waals surface area contributed by atoms with Crippen molar-refractivity contribution in [3.63, 3.8) is 0 Å². The van der Waals surface area contributed by atoms with Gasteiger partial charge in [-0.15, -0.1) is 11.8 Å². The largest absolute Gasteiger partial charge is 0.486 e. The highest BCUT2D eigenvalue weighted by atomic mass is 32.2. The van der Waals surface area contributed by atoms with Crippen molar-refractivity contribution in [1.29, 1.82) is 0 Å². The number of carbonyl (C=O) groups excluding carboxylic acids is 1. The topological polar surface area (TPSA) is 82.5 Å². The third-order valence-electron chi connectivity index (χ3n) is 4.51. The van der Waals surface area contributed by atoms with Crippen LogP contribution < -0.4 is 20.3 Å². The van der Waals surface area contributed by atoms with Gasteiger partial charge in [-0.05, 0) is 30.9 Å². The van der Waals surface area contributed by atoms with Crippen LogP contribution in [0.25, 0.3) is 10.9 Å². The average molecular weight is 397 g/mol. The molecule has 0 spiro atoms. The lowest BCUT2D eigenvalue weighted by Crippen LogP contribution is -2.28. The van der Waals surface area contributed by atoms with Crippen LogP contribution in [-0.4, -0.2) is 34.9 Å². The number of aryl methyl sites for hydroxylation is 1. The number of carbonyl (C=O) groups is 1. The van der Waals surface area contributed by atoms with Gasteiger partial charge >= 0.3 is 0 Å². The number of nitrogens with zero attached hydrogens (tertiary/aromatic N) is 2. The van der Waals surface area contributed by atoms with E-state index >= 15 is 0 Å². The van der Waals surface area contributed by atoms with Crippen molar-refractivity contribution in [2.45, 2.75) is 18.4 Å². The monoisotopic (exact) mass is 397 g/mol. The molecule has 0 aliphatic carbocycles. The SMILES string of the molecule is CSc1cc2c(cc1NC(=O)Cn1cnc3c(C)cccc3c1=O)OCCO2. The van der Waals surface area contributed by atoms with E-state index < -0.39 is 0 Å². The Morgan fingerprint density at radius 1 is 1.25 bits per heavy atom. The fourth-order valence-electron chi connectivity index (χ4n) is 3.13. The molecule has 0 atom stereocenters. The molecule has 28 heavy (non-hydrogen) atoms. The molecule has 4 rings (SSSR count). The minimum atomic E-state index is -0.317. The van der Waals surface area contributed by atoms with E-state index in [1.807, 2.05) is 31.4 Å². The Morgan fingerprint density at radius 3 is 2.75 bits per heavy atom. The second-order valence-corrected chi connectivity index (χ2v) is 7.24. The summed E-state index contributed by atoms with van der Waals surface area (Å²) in [4.78, 5) is 30.5. The van der Waals surface area contributed by atoms with E-state index in [1.54, 1.807) is 12.1 Å². The summed E-state index contributed by atoms with van der Waals surface area (Å²) in [5, 5.41) is 3.36. The zero-order valence-corrected chi connectivity index (χ0v) is 16.3. The van der Waals surface area contributed by atoms with Crippen LogP contribution in [0.1, 0.15) is 5.56 Å². The predicted octanol–water partition coefficient (Wildman–Crippen LogP) is 2.84. The molecule has 0 radical (unpaired) electrons. The van der Waals surface area contributed by atoms with Gasteiger partial charge in [-0.3, -0.25) is 14.2 Å². The lowest BCUT2D eigenvalue weighted by Gasteiger charge is -2.21. The summed E-state index contributed by atoms with van der Waals surface area (Å²) in [6, 6.07) is 9.03. The molecule has 3 aromatic rings. The number of fused-ring (bicyclic) bond motifs is 2. The van der Waals surface area contributed by atoms with Gasteiger partial charge in [0.1, 0.15) is 19.8 Å². The van der Waals surface area contributed by atoms with Gasteiger partial charge in [0, 0.05) is 11.0 Å². The minimum absolute atomic E-state index is 0.127. The Kier molecular flexibility index (Phi) is 4.95. The molecule has 1 amide bonds. The van der Waals surface area contributed by atoms with E-state index in [9.17, 15) is 9.59 Å². The van der Waals surface area contributed by atoms with E-state index in [0.717, 1.165) is 10.5 Å². The number of para-hydroxylation sites is 1. The van der Waals surface area contributed by atoms with Crippen LogP contribution in [0.3, 0.4) is 0 Å². The van der Waals surface area contributed by atoms with Crippen LogP contribution in [0.4, 0.5) is 5.69 Å². The molecule has 0 saturated heterocycles. The van der Waals surface area contributed by atoms with E-state index in [4.69, 9.17) is 9.47 Å². The van der Waals surface area contributed by atoms with E-state index in [0.29, 0.717) is 41.3 Å². The first kappa shape index (κ1) is 18.4. The molecule has 2 heterocycles. The Balaban J connectivity index is 1.59. The number of ether oxygens (including phenoxy) is 2. The highest BCUT2D eigenvalue weighted by Gasteiger charge is 2.17. The molecule has 2 aromatic carbocycles.